The zero-order valence-electron chi connectivity index (χ0n) is 8.62. The number of rotatable bonds is 2. The fourth-order valence-corrected chi connectivity index (χ4v) is 1.63. The molecule has 0 unspecified atom stereocenters. The van der Waals surface area contributed by atoms with E-state index in [1.807, 2.05) is 6.20 Å². The highest BCUT2D eigenvalue weighted by Gasteiger charge is 2.01. The molecule has 72 valence electrons. The summed E-state index contributed by atoms with van der Waals surface area (Å²) >= 11 is 0. The minimum absolute atomic E-state index is 0.878. The molecule has 0 spiro atoms. The van der Waals surface area contributed by atoms with E-state index in [1.54, 1.807) is 0 Å². The van der Waals surface area contributed by atoms with Crippen LogP contribution in [0.3, 0.4) is 0 Å². The van der Waals surface area contributed by atoms with Crippen molar-refractivity contribution >= 4 is 11.0 Å². The number of aryl methyl sites for hydroxylation is 2. The van der Waals surface area contributed by atoms with Gasteiger partial charge in [0, 0.05) is 17.3 Å². The van der Waals surface area contributed by atoms with Crippen LogP contribution in [-0.4, -0.2) is 9.97 Å². The van der Waals surface area contributed by atoms with E-state index in [1.165, 1.54) is 10.9 Å². The number of pyridine rings is 2. The van der Waals surface area contributed by atoms with Gasteiger partial charge < -0.3 is 0 Å². The Balaban J connectivity index is 2.67. The summed E-state index contributed by atoms with van der Waals surface area (Å²) in [6, 6.07) is 6.28. The zero-order valence-corrected chi connectivity index (χ0v) is 8.62. The van der Waals surface area contributed by atoms with Crippen molar-refractivity contribution in [2.45, 2.75) is 26.7 Å². The molecule has 0 radical (unpaired) electrons. The van der Waals surface area contributed by atoms with Gasteiger partial charge in [0.05, 0.1) is 0 Å². The molecule has 0 aromatic carbocycles. The van der Waals surface area contributed by atoms with Gasteiger partial charge in [-0.25, -0.2) is 9.97 Å². The number of fused-ring (bicyclic) bond motifs is 1. The molecule has 2 aromatic rings. The van der Waals surface area contributed by atoms with Crippen molar-refractivity contribution in [1.82, 2.24) is 9.97 Å². The first-order valence-electron chi connectivity index (χ1n) is 5.08. The van der Waals surface area contributed by atoms with Crippen LogP contribution in [0.15, 0.2) is 24.4 Å². The Morgan fingerprint density at radius 3 is 2.64 bits per heavy atom. The molecule has 14 heavy (non-hydrogen) atoms. The van der Waals surface area contributed by atoms with E-state index in [4.69, 9.17) is 0 Å². The molecule has 0 fully saturated rings. The summed E-state index contributed by atoms with van der Waals surface area (Å²) in [5, 5.41) is 1.19. The standard InChI is InChI=1S/C12H14N2/c1-3-9-7-8-13-12-11(9)6-5-10(4-2)14-12/h5-8H,3-4H2,1-2H3. The van der Waals surface area contributed by atoms with E-state index in [0.29, 0.717) is 0 Å². The largest absolute Gasteiger partial charge is 0.237 e. The van der Waals surface area contributed by atoms with Crippen molar-refractivity contribution in [3.8, 4) is 0 Å². The Labute approximate surface area is 84.0 Å². The van der Waals surface area contributed by atoms with E-state index < -0.39 is 0 Å². The first-order chi connectivity index (χ1) is 6.85. The van der Waals surface area contributed by atoms with E-state index in [0.717, 1.165) is 24.2 Å². The lowest BCUT2D eigenvalue weighted by atomic mass is 10.1. The molecular formula is C12H14N2. The zero-order chi connectivity index (χ0) is 9.97. The van der Waals surface area contributed by atoms with Gasteiger partial charge in [-0.05, 0) is 36.6 Å². The fourth-order valence-electron chi connectivity index (χ4n) is 1.63. The summed E-state index contributed by atoms with van der Waals surface area (Å²) in [4.78, 5) is 8.78. The second-order valence-electron chi connectivity index (χ2n) is 3.35. The molecule has 2 aromatic heterocycles. The van der Waals surface area contributed by atoms with Crippen LogP contribution in [0.25, 0.3) is 11.0 Å². The first kappa shape index (κ1) is 9.13. The third-order valence-electron chi connectivity index (χ3n) is 2.49. The van der Waals surface area contributed by atoms with Crippen molar-refractivity contribution in [3.63, 3.8) is 0 Å². The van der Waals surface area contributed by atoms with Crippen LogP contribution in [-0.2, 0) is 12.8 Å². The average molecular weight is 186 g/mol. The second kappa shape index (κ2) is 3.74. The van der Waals surface area contributed by atoms with Gasteiger partial charge in [-0.3, -0.25) is 0 Å². The number of nitrogens with zero attached hydrogens (tertiary/aromatic N) is 2. The first-order valence-corrected chi connectivity index (χ1v) is 5.08. The molecule has 2 nitrogen and oxygen atoms in total. The SMILES string of the molecule is CCc1ccc2c(CC)ccnc2n1. The van der Waals surface area contributed by atoms with Gasteiger partial charge in [0.25, 0.3) is 0 Å². The van der Waals surface area contributed by atoms with Crippen molar-refractivity contribution < 1.29 is 0 Å². The molecule has 2 rings (SSSR count). The van der Waals surface area contributed by atoms with E-state index in [-0.39, 0.29) is 0 Å². The van der Waals surface area contributed by atoms with Crippen LogP contribution in [0.1, 0.15) is 25.1 Å². The van der Waals surface area contributed by atoms with Crippen LogP contribution in [0, 0.1) is 0 Å². The predicted octanol–water partition coefficient (Wildman–Crippen LogP) is 2.75. The molecule has 2 heterocycles. The normalized spacial score (nSPS) is 10.7. The molecule has 0 saturated heterocycles. The Bertz CT molecular complexity index is 449. The third-order valence-corrected chi connectivity index (χ3v) is 2.49. The second-order valence-corrected chi connectivity index (χ2v) is 3.35. The smallest absolute Gasteiger partial charge is 0.159 e. The Morgan fingerprint density at radius 2 is 1.93 bits per heavy atom. The molecule has 2 heteroatoms. The Kier molecular flexibility index (Phi) is 2.44. The molecule has 0 N–H and O–H groups in total. The number of aromatic nitrogens is 2. The minimum Gasteiger partial charge on any atom is -0.237 e. The van der Waals surface area contributed by atoms with Gasteiger partial charge in [0.1, 0.15) is 0 Å². The molecule has 0 aliphatic rings. The fraction of sp³-hybridized carbons (Fsp3) is 0.333. The van der Waals surface area contributed by atoms with Crippen LogP contribution in [0.4, 0.5) is 0 Å². The lowest BCUT2D eigenvalue weighted by molar-refractivity contribution is 1.04. The van der Waals surface area contributed by atoms with E-state index in [9.17, 15) is 0 Å². The van der Waals surface area contributed by atoms with Crippen LogP contribution in [0.2, 0.25) is 0 Å². The minimum atomic E-state index is 0.878. The van der Waals surface area contributed by atoms with Crippen molar-refractivity contribution in [2.75, 3.05) is 0 Å². The summed E-state index contributed by atoms with van der Waals surface area (Å²) in [5.74, 6) is 0. The summed E-state index contributed by atoms with van der Waals surface area (Å²) < 4.78 is 0. The lowest BCUT2D eigenvalue weighted by Crippen LogP contribution is -1.92. The molecule has 0 bridgehead atoms. The highest BCUT2D eigenvalue weighted by molar-refractivity contribution is 5.78. The predicted molar refractivity (Wildman–Crippen MR) is 58.3 cm³/mol. The van der Waals surface area contributed by atoms with Crippen LogP contribution >= 0.6 is 0 Å². The highest BCUT2D eigenvalue weighted by Crippen LogP contribution is 2.15. The van der Waals surface area contributed by atoms with Gasteiger partial charge in [0.2, 0.25) is 0 Å². The van der Waals surface area contributed by atoms with Crippen LogP contribution < -0.4 is 0 Å². The van der Waals surface area contributed by atoms with Crippen molar-refractivity contribution in [3.05, 3.63) is 35.7 Å². The molecule has 0 saturated carbocycles. The van der Waals surface area contributed by atoms with Crippen LogP contribution in [0.5, 0.6) is 0 Å². The van der Waals surface area contributed by atoms with E-state index in [2.05, 4.69) is 42.0 Å². The molecule has 0 aliphatic heterocycles. The van der Waals surface area contributed by atoms with Crippen molar-refractivity contribution in [2.24, 2.45) is 0 Å². The maximum absolute atomic E-state index is 4.49. The Hall–Kier alpha value is -1.44. The van der Waals surface area contributed by atoms with E-state index >= 15 is 0 Å². The summed E-state index contributed by atoms with van der Waals surface area (Å²) in [6.07, 6.45) is 3.84. The molecular weight excluding hydrogens is 172 g/mol. The topological polar surface area (TPSA) is 25.8 Å². The van der Waals surface area contributed by atoms with Gasteiger partial charge >= 0.3 is 0 Å². The monoisotopic (exact) mass is 186 g/mol. The number of hydrogen-bond acceptors (Lipinski definition) is 2. The molecule has 0 atom stereocenters. The maximum Gasteiger partial charge on any atom is 0.159 e. The summed E-state index contributed by atoms with van der Waals surface area (Å²) in [6.45, 7) is 4.26. The number of hydrogen-bond donors (Lipinski definition) is 0. The average Bonchev–Trinajstić information content (AvgIpc) is 2.27. The quantitative estimate of drug-likeness (QED) is 0.720. The van der Waals surface area contributed by atoms with Gasteiger partial charge in [-0.1, -0.05) is 13.8 Å². The summed E-state index contributed by atoms with van der Waals surface area (Å²) in [5.41, 5.74) is 3.31. The van der Waals surface area contributed by atoms with Gasteiger partial charge in [0.15, 0.2) is 5.65 Å². The highest BCUT2D eigenvalue weighted by atomic mass is 14.8. The van der Waals surface area contributed by atoms with Gasteiger partial charge in [-0.15, -0.1) is 0 Å². The third kappa shape index (κ3) is 1.48. The van der Waals surface area contributed by atoms with Gasteiger partial charge in [-0.2, -0.15) is 0 Å². The summed E-state index contributed by atoms with van der Waals surface area (Å²) in [7, 11) is 0. The Morgan fingerprint density at radius 1 is 1.07 bits per heavy atom. The lowest BCUT2D eigenvalue weighted by Gasteiger charge is -2.03. The maximum atomic E-state index is 4.49. The van der Waals surface area contributed by atoms with Crippen molar-refractivity contribution in [1.29, 1.82) is 0 Å². The molecule has 0 amide bonds. The molecule has 0 aliphatic carbocycles.